The van der Waals surface area contributed by atoms with E-state index in [1.807, 2.05) is 6.92 Å². The Hall–Kier alpha value is -3.75. The molecule has 3 aromatic rings. The minimum atomic E-state index is -0.743. The Labute approximate surface area is 190 Å². The van der Waals surface area contributed by atoms with Crippen LogP contribution >= 0.6 is 0 Å². The standard InChI is InChI=1S/C24H26N4O5/c1-15-13-18(23(31)33-3)20-21(25-15)28(17-10-5-4-6-11-17)24(32)27(22(20)30)14-19(29)26-12-8-7-9-16(26)2/h4-6,10-11,13,16H,7-9,12,14H2,1-3H3. The lowest BCUT2D eigenvalue weighted by atomic mass is 10.0. The summed E-state index contributed by atoms with van der Waals surface area (Å²) in [7, 11) is 1.22. The largest absolute Gasteiger partial charge is 0.465 e. The number of pyridine rings is 1. The molecule has 4 rings (SSSR count). The zero-order chi connectivity index (χ0) is 23.7. The molecule has 0 spiro atoms. The lowest BCUT2D eigenvalue weighted by molar-refractivity contribution is -0.135. The van der Waals surface area contributed by atoms with Crippen molar-refractivity contribution >= 4 is 22.9 Å². The fourth-order valence-electron chi connectivity index (χ4n) is 4.38. The van der Waals surface area contributed by atoms with Gasteiger partial charge in [-0.2, -0.15) is 0 Å². The zero-order valence-corrected chi connectivity index (χ0v) is 18.9. The van der Waals surface area contributed by atoms with E-state index in [0.717, 1.165) is 23.8 Å². The minimum Gasteiger partial charge on any atom is -0.465 e. The van der Waals surface area contributed by atoms with Gasteiger partial charge in [0.05, 0.1) is 23.7 Å². The number of aromatic nitrogens is 3. The van der Waals surface area contributed by atoms with Crippen LogP contribution in [-0.4, -0.2) is 50.6 Å². The number of aryl methyl sites for hydroxylation is 1. The van der Waals surface area contributed by atoms with E-state index in [1.54, 1.807) is 42.2 Å². The molecular formula is C24H26N4O5. The van der Waals surface area contributed by atoms with E-state index < -0.39 is 23.8 Å². The Balaban J connectivity index is 2.00. The molecule has 1 aliphatic rings. The maximum Gasteiger partial charge on any atom is 0.338 e. The van der Waals surface area contributed by atoms with Crippen LogP contribution in [-0.2, 0) is 16.1 Å². The smallest absolute Gasteiger partial charge is 0.338 e. The number of nitrogens with zero attached hydrogens (tertiary/aromatic N) is 4. The number of methoxy groups -OCH3 is 1. The van der Waals surface area contributed by atoms with Crippen molar-refractivity contribution in [2.45, 2.75) is 45.7 Å². The van der Waals surface area contributed by atoms with Gasteiger partial charge in [0.15, 0.2) is 5.65 Å². The van der Waals surface area contributed by atoms with Gasteiger partial charge < -0.3 is 9.64 Å². The molecule has 1 amide bonds. The van der Waals surface area contributed by atoms with Crippen molar-refractivity contribution in [2.24, 2.45) is 0 Å². The summed E-state index contributed by atoms with van der Waals surface area (Å²) in [4.78, 5) is 58.8. The second kappa shape index (κ2) is 9.01. The van der Waals surface area contributed by atoms with Crippen molar-refractivity contribution in [3.05, 3.63) is 68.5 Å². The van der Waals surface area contributed by atoms with Gasteiger partial charge in [-0.15, -0.1) is 0 Å². The van der Waals surface area contributed by atoms with Crippen LogP contribution in [0.15, 0.2) is 46.0 Å². The lowest BCUT2D eigenvalue weighted by Crippen LogP contribution is -2.48. The van der Waals surface area contributed by atoms with Crippen molar-refractivity contribution in [3.8, 4) is 5.69 Å². The molecule has 1 aliphatic heterocycles. The molecular weight excluding hydrogens is 424 g/mol. The fraction of sp³-hybridized carbons (Fsp3) is 0.375. The number of amides is 1. The maximum atomic E-state index is 13.6. The molecule has 1 atom stereocenters. The molecule has 9 nitrogen and oxygen atoms in total. The summed E-state index contributed by atoms with van der Waals surface area (Å²) in [6.45, 7) is 3.80. The molecule has 172 valence electrons. The third kappa shape index (κ3) is 4.06. The molecule has 2 aromatic heterocycles. The SMILES string of the molecule is COC(=O)c1cc(C)nc2c1c(=O)n(CC(=O)N1CCCCC1C)c(=O)n2-c1ccccc1. The molecule has 0 aliphatic carbocycles. The van der Waals surface area contributed by atoms with Crippen LogP contribution in [0.4, 0.5) is 0 Å². The number of likely N-dealkylation sites (tertiary alicyclic amines) is 1. The topological polar surface area (TPSA) is 104 Å². The fourth-order valence-corrected chi connectivity index (χ4v) is 4.38. The predicted octanol–water partition coefficient (Wildman–Crippen LogP) is 2.04. The predicted molar refractivity (Wildman–Crippen MR) is 123 cm³/mol. The van der Waals surface area contributed by atoms with Crippen molar-refractivity contribution < 1.29 is 14.3 Å². The zero-order valence-electron chi connectivity index (χ0n) is 18.9. The minimum absolute atomic E-state index is 0.00206. The molecule has 33 heavy (non-hydrogen) atoms. The van der Waals surface area contributed by atoms with Gasteiger partial charge in [-0.05, 0) is 51.3 Å². The van der Waals surface area contributed by atoms with Crippen LogP contribution in [0.25, 0.3) is 16.7 Å². The summed E-state index contributed by atoms with van der Waals surface area (Å²) in [5.41, 5.74) is -0.469. The highest BCUT2D eigenvalue weighted by atomic mass is 16.5. The highest BCUT2D eigenvalue weighted by molar-refractivity contribution is 6.02. The van der Waals surface area contributed by atoms with E-state index in [0.29, 0.717) is 17.9 Å². The summed E-state index contributed by atoms with van der Waals surface area (Å²) in [6, 6.07) is 10.2. The first-order chi connectivity index (χ1) is 15.8. The quantitative estimate of drug-likeness (QED) is 0.564. The van der Waals surface area contributed by atoms with Crippen LogP contribution in [0.3, 0.4) is 0 Å². The van der Waals surface area contributed by atoms with Crippen LogP contribution in [0.1, 0.15) is 42.2 Å². The number of esters is 1. The van der Waals surface area contributed by atoms with Gasteiger partial charge in [0.2, 0.25) is 5.91 Å². The third-order valence-electron chi connectivity index (χ3n) is 6.06. The highest BCUT2D eigenvalue weighted by Gasteiger charge is 2.27. The van der Waals surface area contributed by atoms with Gasteiger partial charge >= 0.3 is 11.7 Å². The average molecular weight is 450 g/mol. The van der Waals surface area contributed by atoms with Crippen LogP contribution in [0.2, 0.25) is 0 Å². The Morgan fingerprint density at radius 2 is 1.88 bits per heavy atom. The average Bonchev–Trinajstić information content (AvgIpc) is 2.81. The number of piperidine rings is 1. The summed E-state index contributed by atoms with van der Waals surface area (Å²) in [5, 5.41) is -0.0598. The number of hydrogen-bond acceptors (Lipinski definition) is 6. The van der Waals surface area contributed by atoms with Crippen molar-refractivity contribution in [1.29, 1.82) is 0 Å². The van der Waals surface area contributed by atoms with Crippen LogP contribution in [0, 0.1) is 6.92 Å². The van der Waals surface area contributed by atoms with E-state index in [1.165, 1.54) is 17.7 Å². The van der Waals surface area contributed by atoms with Crippen LogP contribution < -0.4 is 11.2 Å². The number of fused-ring (bicyclic) bond motifs is 1. The molecule has 9 heteroatoms. The number of para-hydroxylation sites is 1. The summed E-state index contributed by atoms with van der Waals surface area (Å²) in [6.07, 6.45) is 2.80. The lowest BCUT2D eigenvalue weighted by Gasteiger charge is -2.33. The molecule has 1 aromatic carbocycles. The van der Waals surface area contributed by atoms with Gasteiger partial charge in [0, 0.05) is 18.3 Å². The first-order valence-corrected chi connectivity index (χ1v) is 10.9. The normalized spacial score (nSPS) is 16.1. The van der Waals surface area contributed by atoms with Crippen molar-refractivity contribution in [3.63, 3.8) is 0 Å². The molecule has 1 fully saturated rings. The third-order valence-corrected chi connectivity index (χ3v) is 6.06. The Bertz CT molecular complexity index is 1340. The summed E-state index contributed by atoms with van der Waals surface area (Å²) >= 11 is 0. The Kier molecular flexibility index (Phi) is 6.13. The molecule has 0 radical (unpaired) electrons. The molecule has 3 heterocycles. The van der Waals surface area contributed by atoms with Gasteiger partial charge in [-0.25, -0.2) is 23.7 Å². The second-order valence-corrected chi connectivity index (χ2v) is 8.28. The molecule has 0 saturated carbocycles. The molecule has 0 bridgehead atoms. The second-order valence-electron chi connectivity index (χ2n) is 8.28. The van der Waals surface area contributed by atoms with Crippen LogP contribution in [0.5, 0.6) is 0 Å². The highest BCUT2D eigenvalue weighted by Crippen LogP contribution is 2.19. The number of carbonyl (C=O) groups is 2. The van der Waals surface area contributed by atoms with Gasteiger partial charge in [-0.1, -0.05) is 18.2 Å². The van der Waals surface area contributed by atoms with E-state index in [-0.39, 0.29) is 28.5 Å². The summed E-state index contributed by atoms with van der Waals surface area (Å²) < 4.78 is 7.04. The molecule has 1 unspecified atom stereocenters. The van der Waals surface area contributed by atoms with Gasteiger partial charge in [0.1, 0.15) is 6.54 Å². The van der Waals surface area contributed by atoms with Gasteiger partial charge in [-0.3, -0.25) is 9.59 Å². The Morgan fingerprint density at radius 3 is 2.55 bits per heavy atom. The monoisotopic (exact) mass is 450 g/mol. The number of hydrogen-bond donors (Lipinski definition) is 0. The number of ether oxygens (including phenoxy) is 1. The first kappa shape index (κ1) is 22.4. The molecule has 0 N–H and O–H groups in total. The first-order valence-electron chi connectivity index (χ1n) is 10.9. The van der Waals surface area contributed by atoms with E-state index in [4.69, 9.17) is 4.74 Å². The number of benzene rings is 1. The van der Waals surface area contributed by atoms with E-state index in [9.17, 15) is 19.2 Å². The summed E-state index contributed by atoms with van der Waals surface area (Å²) in [5.74, 6) is -1.02. The van der Waals surface area contributed by atoms with E-state index >= 15 is 0 Å². The van der Waals surface area contributed by atoms with E-state index in [2.05, 4.69) is 4.98 Å². The number of carbonyl (C=O) groups excluding carboxylic acids is 2. The van der Waals surface area contributed by atoms with Crippen molar-refractivity contribution in [1.82, 2.24) is 19.0 Å². The molecule has 1 saturated heterocycles. The number of rotatable bonds is 4. The maximum absolute atomic E-state index is 13.6. The van der Waals surface area contributed by atoms with Crippen molar-refractivity contribution in [2.75, 3.05) is 13.7 Å². The van der Waals surface area contributed by atoms with Gasteiger partial charge in [0.25, 0.3) is 5.56 Å². The Morgan fingerprint density at radius 1 is 1.15 bits per heavy atom.